The largest absolute Gasteiger partial charge is 0.339 e. The third-order valence-corrected chi connectivity index (χ3v) is 6.57. The third kappa shape index (κ3) is 6.77. The lowest BCUT2D eigenvalue weighted by Crippen LogP contribution is -2.30. The molecular formula is C25H28N2O2S2. The number of carbonyl (C=O) groups excluding carboxylic acids is 2. The molecule has 0 aromatic heterocycles. The van der Waals surface area contributed by atoms with Crippen molar-refractivity contribution in [1.82, 2.24) is 9.80 Å². The average molecular weight is 453 g/mol. The topological polar surface area (TPSA) is 40.6 Å². The molecule has 2 aromatic carbocycles. The summed E-state index contributed by atoms with van der Waals surface area (Å²) >= 11 is 6.77. The Kier molecular flexibility index (Phi) is 8.85. The van der Waals surface area contributed by atoms with E-state index in [0.717, 1.165) is 30.4 Å². The molecular weight excluding hydrogens is 424 g/mol. The van der Waals surface area contributed by atoms with Gasteiger partial charge >= 0.3 is 0 Å². The average Bonchev–Trinajstić information content (AvgIpc) is 3.05. The second kappa shape index (κ2) is 11.8. The van der Waals surface area contributed by atoms with E-state index in [4.69, 9.17) is 12.2 Å². The number of hydrogen-bond acceptors (Lipinski definition) is 4. The molecule has 0 radical (unpaired) electrons. The van der Waals surface area contributed by atoms with Gasteiger partial charge < -0.3 is 4.90 Å². The Hall–Kier alpha value is -2.44. The maximum atomic E-state index is 12.7. The van der Waals surface area contributed by atoms with E-state index in [1.807, 2.05) is 78.6 Å². The van der Waals surface area contributed by atoms with Crippen LogP contribution in [0.25, 0.3) is 6.08 Å². The lowest BCUT2D eigenvalue weighted by Gasteiger charge is -2.21. The van der Waals surface area contributed by atoms with E-state index >= 15 is 0 Å². The van der Waals surface area contributed by atoms with Crippen LogP contribution in [-0.4, -0.2) is 39.0 Å². The molecule has 0 aliphatic carbocycles. The number of thioether (sulfide) groups is 1. The second-order valence-corrected chi connectivity index (χ2v) is 9.12. The quantitative estimate of drug-likeness (QED) is 0.271. The van der Waals surface area contributed by atoms with Gasteiger partial charge in [0, 0.05) is 26.1 Å². The number of amides is 2. The summed E-state index contributed by atoms with van der Waals surface area (Å²) in [6.07, 6.45) is 4.97. The van der Waals surface area contributed by atoms with Crippen LogP contribution >= 0.6 is 24.0 Å². The minimum absolute atomic E-state index is 0.0186. The molecule has 0 N–H and O–H groups in total. The smallest absolute Gasteiger partial charge is 0.266 e. The van der Waals surface area contributed by atoms with Gasteiger partial charge in [0.25, 0.3) is 5.91 Å². The number of rotatable bonds is 10. The molecule has 31 heavy (non-hydrogen) atoms. The maximum Gasteiger partial charge on any atom is 0.266 e. The monoisotopic (exact) mass is 452 g/mol. The molecule has 0 bridgehead atoms. The van der Waals surface area contributed by atoms with Crippen LogP contribution in [0, 0.1) is 0 Å². The molecule has 0 saturated carbocycles. The van der Waals surface area contributed by atoms with Gasteiger partial charge in [-0.1, -0.05) is 91.1 Å². The highest BCUT2D eigenvalue weighted by Crippen LogP contribution is 2.32. The predicted molar refractivity (Wildman–Crippen MR) is 132 cm³/mol. The van der Waals surface area contributed by atoms with Crippen LogP contribution < -0.4 is 0 Å². The van der Waals surface area contributed by atoms with Gasteiger partial charge in [0.05, 0.1) is 4.91 Å². The van der Waals surface area contributed by atoms with Crippen LogP contribution in [0.15, 0.2) is 65.6 Å². The SMILES string of the molecule is CCN(Cc1ccccc1)C(=O)CCCCCN1C(=O)C(=Cc2ccccc2)SC1=S. The van der Waals surface area contributed by atoms with Gasteiger partial charge in [-0.3, -0.25) is 14.5 Å². The van der Waals surface area contributed by atoms with Crippen molar-refractivity contribution in [2.45, 2.75) is 39.2 Å². The summed E-state index contributed by atoms with van der Waals surface area (Å²) in [5, 5.41) is 0. The molecule has 6 heteroatoms. The Morgan fingerprint density at radius 3 is 2.39 bits per heavy atom. The number of benzene rings is 2. The zero-order valence-corrected chi connectivity index (χ0v) is 19.5. The van der Waals surface area contributed by atoms with Gasteiger partial charge in [-0.25, -0.2) is 0 Å². The first-order valence-corrected chi connectivity index (χ1v) is 11.9. The minimum atomic E-state index is -0.0186. The zero-order valence-electron chi connectivity index (χ0n) is 17.8. The van der Waals surface area contributed by atoms with Crippen LogP contribution in [-0.2, 0) is 16.1 Å². The second-order valence-electron chi connectivity index (χ2n) is 7.45. The Balaban J connectivity index is 1.41. The van der Waals surface area contributed by atoms with Crippen molar-refractivity contribution in [2.24, 2.45) is 0 Å². The molecule has 2 amide bonds. The summed E-state index contributed by atoms with van der Waals surface area (Å²) < 4.78 is 0.614. The van der Waals surface area contributed by atoms with Crippen molar-refractivity contribution in [3.8, 4) is 0 Å². The lowest BCUT2D eigenvalue weighted by molar-refractivity contribution is -0.131. The Labute approximate surface area is 194 Å². The van der Waals surface area contributed by atoms with Gasteiger partial charge in [0.15, 0.2) is 0 Å². The molecule has 3 rings (SSSR count). The number of thiocarbonyl (C=S) groups is 1. The van der Waals surface area contributed by atoms with E-state index in [1.165, 1.54) is 11.8 Å². The molecule has 162 valence electrons. The standard InChI is InChI=1S/C25H28N2O2S2/c1-2-26(19-21-14-8-4-9-15-21)23(28)16-10-5-11-17-27-24(29)22(31-25(27)30)18-20-12-6-3-7-13-20/h3-4,6-9,12-15,18H,2,5,10-11,16-17,19H2,1H3. The van der Waals surface area contributed by atoms with Gasteiger partial charge in [0.1, 0.15) is 4.32 Å². The van der Waals surface area contributed by atoms with Gasteiger partial charge in [-0.05, 0) is 37.0 Å². The van der Waals surface area contributed by atoms with E-state index in [2.05, 4.69) is 0 Å². The third-order valence-electron chi connectivity index (χ3n) is 5.19. The fourth-order valence-corrected chi connectivity index (χ4v) is 4.76. The van der Waals surface area contributed by atoms with Crippen LogP contribution in [0.4, 0.5) is 0 Å². The summed E-state index contributed by atoms with van der Waals surface area (Å²) in [5.41, 5.74) is 2.15. The van der Waals surface area contributed by atoms with E-state index < -0.39 is 0 Å². The van der Waals surface area contributed by atoms with Crippen molar-refractivity contribution in [2.75, 3.05) is 13.1 Å². The fourth-order valence-electron chi connectivity index (χ4n) is 3.45. The van der Waals surface area contributed by atoms with Gasteiger partial charge in [-0.15, -0.1) is 0 Å². The lowest BCUT2D eigenvalue weighted by atomic mass is 10.1. The predicted octanol–water partition coefficient (Wildman–Crippen LogP) is 5.50. The summed E-state index contributed by atoms with van der Waals surface area (Å²) in [4.78, 5) is 29.5. The first-order chi connectivity index (χ1) is 15.1. The van der Waals surface area contributed by atoms with Gasteiger partial charge in [-0.2, -0.15) is 0 Å². The van der Waals surface area contributed by atoms with Crippen LogP contribution in [0.2, 0.25) is 0 Å². The van der Waals surface area contributed by atoms with Crippen LogP contribution in [0.5, 0.6) is 0 Å². The molecule has 2 aromatic rings. The van der Waals surface area contributed by atoms with E-state index in [9.17, 15) is 9.59 Å². The summed E-state index contributed by atoms with van der Waals surface area (Å²) in [6.45, 7) is 3.98. The first kappa shape index (κ1) is 23.2. The van der Waals surface area contributed by atoms with Crippen LogP contribution in [0.1, 0.15) is 43.7 Å². The van der Waals surface area contributed by atoms with Crippen molar-refractivity contribution in [3.05, 3.63) is 76.7 Å². The normalized spacial score (nSPS) is 15.0. The van der Waals surface area contributed by atoms with Crippen molar-refractivity contribution >= 4 is 46.2 Å². The van der Waals surface area contributed by atoms with Crippen molar-refractivity contribution < 1.29 is 9.59 Å². The highest BCUT2D eigenvalue weighted by Gasteiger charge is 2.31. The van der Waals surface area contributed by atoms with E-state index in [1.54, 1.807) is 4.90 Å². The number of nitrogens with zero attached hydrogens (tertiary/aromatic N) is 2. The molecule has 0 atom stereocenters. The molecule has 4 nitrogen and oxygen atoms in total. The van der Waals surface area contributed by atoms with Crippen molar-refractivity contribution in [1.29, 1.82) is 0 Å². The Bertz CT molecular complexity index is 929. The Morgan fingerprint density at radius 1 is 1.03 bits per heavy atom. The fraction of sp³-hybridized carbons (Fsp3) is 0.320. The molecule has 1 aliphatic heterocycles. The summed E-state index contributed by atoms with van der Waals surface area (Å²) in [5.74, 6) is 0.165. The molecule has 0 spiro atoms. The zero-order chi connectivity index (χ0) is 22.1. The molecule has 1 aliphatic rings. The minimum Gasteiger partial charge on any atom is -0.339 e. The van der Waals surface area contributed by atoms with E-state index in [0.29, 0.717) is 35.3 Å². The van der Waals surface area contributed by atoms with Gasteiger partial charge in [0.2, 0.25) is 5.91 Å². The highest BCUT2D eigenvalue weighted by atomic mass is 32.2. The highest BCUT2D eigenvalue weighted by molar-refractivity contribution is 8.26. The van der Waals surface area contributed by atoms with Crippen molar-refractivity contribution in [3.63, 3.8) is 0 Å². The summed E-state index contributed by atoms with van der Waals surface area (Å²) in [7, 11) is 0. The first-order valence-electron chi connectivity index (χ1n) is 10.7. The number of carbonyl (C=O) groups is 2. The van der Waals surface area contributed by atoms with Crippen LogP contribution in [0.3, 0.4) is 0 Å². The number of unbranched alkanes of at least 4 members (excludes halogenated alkanes) is 2. The molecule has 0 unspecified atom stereocenters. The van der Waals surface area contributed by atoms with E-state index in [-0.39, 0.29) is 11.8 Å². The Morgan fingerprint density at radius 2 is 1.71 bits per heavy atom. The molecule has 1 saturated heterocycles. The summed E-state index contributed by atoms with van der Waals surface area (Å²) in [6, 6.07) is 19.9. The molecule has 1 heterocycles. The maximum absolute atomic E-state index is 12.7. The molecule has 1 fully saturated rings. The number of hydrogen-bond donors (Lipinski definition) is 0.